The first-order valence-electron chi connectivity index (χ1n) is 7.62. The second-order valence-corrected chi connectivity index (χ2v) is 6.15. The van der Waals surface area contributed by atoms with Gasteiger partial charge in [0.15, 0.2) is 0 Å². The van der Waals surface area contributed by atoms with Crippen molar-refractivity contribution in [3.8, 4) is 0 Å². The molecule has 4 nitrogen and oxygen atoms in total. The van der Waals surface area contributed by atoms with Crippen LogP contribution in [0.2, 0.25) is 5.15 Å². The van der Waals surface area contributed by atoms with Gasteiger partial charge in [-0.1, -0.05) is 41.4 Å². The average Bonchev–Trinajstić information content (AvgIpc) is 2.74. The van der Waals surface area contributed by atoms with Crippen molar-refractivity contribution in [2.45, 2.75) is 46.3 Å². The number of hydrogen-bond donors (Lipinski definition) is 2. The largest absolute Gasteiger partial charge is 0.396 e. The van der Waals surface area contributed by atoms with Crippen molar-refractivity contribution in [3.63, 3.8) is 0 Å². The molecule has 1 heterocycles. The maximum Gasteiger partial charge on any atom is 0.132 e. The second-order valence-electron chi connectivity index (χ2n) is 5.79. The summed E-state index contributed by atoms with van der Waals surface area (Å²) < 4.78 is 1.84. The van der Waals surface area contributed by atoms with E-state index >= 15 is 0 Å². The number of aromatic nitrogens is 2. The van der Waals surface area contributed by atoms with Gasteiger partial charge >= 0.3 is 0 Å². The molecule has 0 aliphatic rings. The smallest absolute Gasteiger partial charge is 0.132 e. The summed E-state index contributed by atoms with van der Waals surface area (Å²) in [4.78, 5) is 0. The fraction of sp³-hybridized carbons (Fsp3) is 0.471. The van der Waals surface area contributed by atoms with Gasteiger partial charge in [0.2, 0.25) is 0 Å². The molecular weight excluding hydrogens is 298 g/mol. The third kappa shape index (κ3) is 4.32. The van der Waals surface area contributed by atoms with Crippen molar-refractivity contribution in [1.82, 2.24) is 15.1 Å². The van der Waals surface area contributed by atoms with Crippen LogP contribution in [0.3, 0.4) is 0 Å². The SMILES string of the molecule is Cc1ccc(Cn2nc(C)c(CNC(C)CCO)c2Cl)cc1. The van der Waals surface area contributed by atoms with E-state index in [1.165, 1.54) is 11.1 Å². The van der Waals surface area contributed by atoms with Crippen molar-refractivity contribution < 1.29 is 5.11 Å². The fourth-order valence-corrected chi connectivity index (χ4v) is 2.64. The van der Waals surface area contributed by atoms with Crippen LogP contribution < -0.4 is 5.32 Å². The summed E-state index contributed by atoms with van der Waals surface area (Å²) in [6, 6.07) is 8.64. The van der Waals surface area contributed by atoms with E-state index in [9.17, 15) is 0 Å². The molecule has 0 spiro atoms. The standard InChI is InChI=1S/C17H24ClN3O/c1-12-4-6-15(7-5-12)11-21-17(18)16(14(3)20-21)10-19-13(2)8-9-22/h4-7,13,19,22H,8-11H2,1-3H3. The van der Waals surface area contributed by atoms with Gasteiger partial charge in [0.25, 0.3) is 0 Å². The highest BCUT2D eigenvalue weighted by atomic mass is 35.5. The Hall–Kier alpha value is -1.36. The van der Waals surface area contributed by atoms with Crippen molar-refractivity contribution in [2.75, 3.05) is 6.61 Å². The van der Waals surface area contributed by atoms with Crippen molar-refractivity contribution in [3.05, 3.63) is 51.8 Å². The maximum absolute atomic E-state index is 8.95. The predicted octanol–water partition coefficient (Wildman–Crippen LogP) is 3.06. The van der Waals surface area contributed by atoms with Crippen LogP contribution in [0.15, 0.2) is 24.3 Å². The van der Waals surface area contributed by atoms with Gasteiger partial charge in [0, 0.05) is 24.8 Å². The Morgan fingerprint density at radius 2 is 1.95 bits per heavy atom. The van der Waals surface area contributed by atoms with Gasteiger partial charge in [-0.3, -0.25) is 0 Å². The maximum atomic E-state index is 8.95. The number of hydrogen-bond acceptors (Lipinski definition) is 3. The molecule has 0 bridgehead atoms. The third-order valence-corrected chi connectivity index (χ3v) is 4.25. The summed E-state index contributed by atoms with van der Waals surface area (Å²) in [6.45, 7) is 7.63. The summed E-state index contributed by atoms with van der Waals surface area (Å²) in [5, 5.41) is 17.5. The molecule has 2 aromatic rings. The van der Waals surface area contributed by atoms with Gasteiger partial charge in [-0.15, -0.1) is 0 Å². The summed E-state index contributed by atoms with van der Waals surface area (Å²) in [6.07, 6.45) is 0.730. The molecule has 2 N–H and O–H groups in total. The molecule has 120 valence electrons. The zero-order valence-corrected chi connectivity index (χ0v) is 14.2. The summed E-state index contributed by atoms with van der Waals surface area (Å²) in [5.41, 5.74) is 4.40. The third-order valence-electron chi connectivity index (χ3n) is 3.83. The number of aliphatic hydroxyl groups excluding tert-OH is 1. The highest BCUT2D eigenvalue weighted by molar-refractivity contribution is 6.30. The van der Waals surface area contributed by atoms with Gasteiger partial charge in [0.1, 0.15) is 5.15 Å². The van der Waals surface area contributed by atoms with Gasteiger partial charge in [0.05, 0.1) is 12.2 Å². The topological polar surface area (TPSA) is 50.1 Å². The quantitative estimate of drug-likeness (QED) is 0.824. The normalized spacial score (nSPS) is 12.6. The molecule has 0 saturated heterocycles. The van der Waals surface area contributed by atoms with E-state index in [1.807, 2.05) is 11.6 Å². The molecular formula is C17H24ClN3O. The number of rotatable bonds is 7. The Labute approximate surface area is 137 Å². The Balaban J connectivity index is 2.07. The molecule has 1 aromatic heterocycles. The van der Waals surface area contributed by atoms with E-state index in [1.54, 1.807) is 0 Å². The molecule has 22 heavy (non-hydrogen) atoms. The molecule has 1 atom stereocenters. The highest BCUT2D eigenvalue weighted by Gasteiger charge is 2.14. The minimum atomic E-state index is 0.188. The average molecular weight is 322 g/mol. The van der Waals surface area contributed by atoms with Crippen LogP contribution in [0.25, 0.3) is 0 Å². The highest BCUT2D eigenvalue weighted by Crippen LogP contribution is 2.21. The Bertz CT molecular complexity index is 607. The van der Waals surface area contributed by atoms with Gasteiger partial charge in [-0.05, 0) is 32.8 Å². The first-order chi connectivity index (χ1) is 10.5. The second kappa shape index (κ2) is 7.77. The summed E-state index contributed by atoms with van der Waals surface area (Å²) >= 11 is 6.48. The monoisotopic (exact) mass is 321 g/mol. The lowest BCUT2D eigenvalue weighted by atomic mass is 10.1. The minimum absolute atomic E-state index is 0.188. The first kappa shape index (κ1) is 17.0. The van der Waals surface area contributed by atoms with Crippen LogP contribution in [0, 0.1) is 13.8 Å². The van der Waals surface area contributed by atoms with Crippen LogP contribution in [0.5, 0.6) is 0 Å². The van der Waals surface area contributed by atoms with Crippen LogP contribution >= 0.6 is 11.6 Å². The lowest BCUT2D eigenvalue weighted by Gasteiger charge is -2.12. The first-order valence-corrected chi connectivity index (χ1v) is 8.00. The van der Waals surface area contributed by atoms with E-state index in [4.69, 9.17) is 16.7 Å². The number of nitrogens with one attached hydrogen (secondary N) is 1. The number of halogens is 1. The summed E-state index contributed by atoms with van der Waals surface area (Å²) in [7, 11) is 0. The molecule has 0 saturated carbocycles. The number of aliphatic hydroxyl groups is 1. The molecule has 0 aliphatic heterocycles. The van der Waals surface area contributed by atoms with Gasteiger partial charge in [-0.25, -0.2) is 4.68 Å². The van der Waals surface area contributed by atoms with E-state index < -0.39 is 0 Å². The lowest BCUT2D eigenvalue weighted by Crippen LogP contribution is -2.26. The minimum Gasteiger partial charge on any atom is -0.396 e. The zero-order valence-electron chi connectivity index (χ0n) is 13.4. The van der Waals surface area contributed by atoms with E-state index in [0.29, 0.717) is 18.2 Å². The van der Waals surface area contributed by atoms with E-state index in [2.05, 4.69) is 48.5 Å². The van der Waals surface area contributed by atoms with Crippen LogP contribution in [-0.4, -0.2) is 27.5 Å². The van der Waals surface area contributed by atoms with Gasteiger partial charge < -0.3 is 10.4 Å². The van der Waals surface area contributed by atoms with Crippen molar-refractivity contribution >= 4 is 11.6 Å². The molecule has 2 rings (SSSR count). The molecule has 1 unspecified atom stereocenters. The number of nitrogens with zero attached hydrogens (tertiary/aromatic N) is 2. The lowest BCUT2D eigenvalue weighted by molar-refractivity contribution is 0.268. The Kier molecular flexibility index (Phi) is 6.00. The van der Waals surface area contributed by atoms with Crippen molar-refractivity contribution in [1.29, 1.82) is 0 Å². The van der Waals surface area contributed by atoms with Gasteiger partial charge in [-0.2, -0.15) is 5.10 Å². The number of aryl methyl sites for hydroxylation is 2. The summed E-state index contributed by atoms with van der Waals surface area (Å²) in [5.74, 6) is 0. The van der Waals surface area contributed by atoms with E-state index in [-0.39, 0.29) is 12.6 Å². The predicted molar refractivity (Wildman–Crippen MR) is 90.3 cm³/mol. The van der Waals surface area contributed by atoms with Crippen LogP contribution in [-0.2, 0) is 13.1 Å². The zero-order chi connectivity index (χ0) is 16.1. The fourth-order valence-electron chi connectivity index (χ4n) is 2.33. The number of benzene rings is 1. The Morgan fingerprint density at radius 1 is 1.27 bits per heavy atom. The van der Waals surface area contributed by atoms with Crippen LogP contribution in [0.4, 0.5) is 0 Å². The molecule has 0 radical (unpaired) electrons. The molecule has 0 amide bonds. The van der Waals surface area contributed by atoms with Crippen molar-refractivity contribution in [2.24, 2.45) is 0 Å². The van der Waals surface area contributed by atoms with Crippen LogP contribution in [0.1, 0.15) is 35.7 Å². The van der Waals surface area contributed by atoms with E-state index in [0.717, 1.165) is 17.7 Å². The Morgan fingerprint density at radius 3 is 2.59 bits per heavy atom. The molecule has 0 aliphatic carbocycles. The molecule has 5 heteroatoms. The molecule has 0 fully saturated rings. The molecule has 1 aromatic carbocycles.